The van der Waals surface area contributed by atoms with E-state index < -0.39 is 0 Å². The first-order valence-corrected chi connectivity index (χ1v) is 8.38. The topological polar surface area (TPSA) is 60.0 Å². The maximum absolute atomic E-state index is 12.5. The van der Waals surface area contributed by atoms with Crippen molar-refractivity contribution >= 4 is 11.6 Å². The number of nitrogens with zero attached hydrogens (tertiary/aromatic N) is 1. The molecule has 2 heterocycles. The molecular weight excluding hydrogens is 320 g/mol. The third kappa shape index (κ3) is 3.75. The average molecular weight is 340 g/mol. The van der Waals surface area contributed by atoms with Gasteiger partial charge in [-0.05, 0) is 35.9 Å². The van der Waals surface area contributed by atoms with Crippen molar-refractivity contribution in [1.29, 1.82) is 0 Å². The molecular formula is C19H20N2O4. The van der Waals surface area contributed by atoms with E-state index in [0.29, 0.717) is 17.1 Å². The van der Waals surface area contributed by atoms with Crippen molar-refractivity contribution in [2.45, 2.75) is 6.54 Å². The van der Waals surface area contributed by atoms with Crippen LogP contribution >= 0.6 is 0 Å². The van der Waals surface area contributed by atoms with Gasteiger partial charge in [0.1, 0.15) is 0 Å². The molecule has 0 saturated carbocycles. The molecule has 0 atom stereocenters. The van der Waals surface area contributed by atoms with E-state index in [-0.39, 0.29) is 12.7 Å². The zero-order chi connectivity index (χ0) is 17.1. The second-order valence-electron chi connectivity index (χ2n) is 6.11. The van der Waals surface area contributed by atoms with Crippen LogP contribution in [0.4, 0.5) is 5.69 Å². The predicted octanol–water partition coefficient (Wildman–Crippen LogP) is 2.50. The number of hydrogen-bond acceptors (Lipinski definition) is 5. The first-order valence-electron chi connectivity index (χ1n) is 8.38. The predicted molar refractivity (Wildman–Crippen MR) is 93.1 cm³/mol. The Morgan fingerprint density at radius 2 is 1.88 bits per heavy atom. The first kappa shape index (κ1) is 15.9. The van der Waals surface area contributed by atoms with Crippen molar-refractivity contribution in [2.24, 2.45) is 0 Å². The number of rotatable bonds is 4. The Kier molecular flexibility index (Phi) is 4.54. The number of anilines is 1. The number of ether oxygens (including phenoxy) is 3. The standard InChI is InChI=1S/C19H20N2O4/c22-19(15-4-5-17-18(11-15)25-13-24-17)20-16-3-1-2-14(10-16)12-21-6-8-23-9-7-21/h1-5,10-11H,6-9,12-13H2,(H,20,22). The number of carbonyl (C=O) groups excluding carboxylic acids is 1. The largest absolute Gasteiger partial charge is 0.454 e. The highest BCUT2D eigenvalue weighted by Gasteiger charge is 2.16. The molecule has 6 heteroatoms. The molecule has 1 amide bonds. The number of amides is 1. The number of benzene rings is 2. The van der Waals surface area contributed by atoms with Crippen LogP contribution in [0.5, 0.6) is 11.5 Å². The van der Waals surface area contributed by atoms with Crippen molar-refractivity contribution in [2.75, 3.05) is 38.4 Å². The molecule has 2 aliphatic heterocycles. The van der Waals surface area contributed by atoms with Gasteiger partial charge >= 0.3 is 0 Å². The Bertz CT molecular complexity index is 772. The number of carbonyl (C=O) groups is 1. The van der Waals surface area contributed by atoms with Gasteiger partial charge in [-0.1, -0.05) is 12.1 Å². The smallest absolute Gasteiger partial charge is 0.255 e. The van der Waals surface area contributed by atoms with E-state index in [4.69, 9.17) is 14.2 Å². The molecule has 0 unspecified atom stereocenters. The quantitative estimate of drug-likeness (QED) is 0.927. The van der Waals surface area contributed by atoms with E-state index in [1.807, 2.05) is 18.2 Å². The lowest BCUT2D eigenvalue weighted by molar-refractivity contribution is 0.0342. The Balaban J connectivity index is 1.43. The van der Waals surface area contributed by atoms with Gasteiger partial charge in [0.15, 0.2) is 11.5 Å². The molecule has 6 nitrogen and oxygen atoms in total. The average Bonchev–Trinajstić information content (AvgIpc) is 3.10. The highest BCUT2D eigenvalue weighted by atomic mass is 16.7. The van der Waals surface area contributed by atoms with Crippen molar-refractivity contribution in [3.8, 4) is 11.5 Å². The normalized spacial score (nSPS) is 16.6. The van der Waals surface area contributed by atoms with Crippen molar-refractivity contribution < 1.29 is 19.0 Å². The third-order valence-corrected chi connectivity index (χ3v) is 4.33. The maximum Gasteiger partial charge on any atom is 0.255 e. The Morgan fingerprint density at radius 3 is 2.76 bits per heavy atom. The molecule has 4 rings (SSSR count). The summed E-state index contributed by atoms with van der Waals surface area (Å²) in [6, 6.07) is 13.1. The van der Waals surface area contributed by atoms with Crippen LogP contribution in [0.2, 0.25) is 0 Å². The van der Waals surface area contributed by atoms with Crippen molar-refractivity contribution in [1.82, 2.24) is 4.90 Å². The molecule has 0 aliphatic carbocycles. The Labute approximate surface area is 146 Å². The Morgan fingerprint density at radius 1 is 1.04 bits per heavy atom. The van der Waals surface area contributed by atoms with Gasteiger partial charge in [0.05, 0.1) is 13.2 Å². The van der Waals surface area contributed by atoms with E-state index in [0.717, 1.165) is 38.5 Å². The van der Waals surface area contributed by atoms with Gasteiger partial charge in [0.2, 0.25) is 6.79 Å². The molecule has 1 fully saturated rings. The lowest BCUT2D eigenvalue weighted by Crippen LogP contribution is -2.35. The van der Waals surface area contributed by atoms with Gasteiger partial charge in [-0.2, -0.15) is 0 Å². The van der Waals surface area contributed by atoms with Crippen LogP contribution in [0.3, 0.4) is 0 Å². The number of morpholine rings is 1. The van der Waals surface area contributed by atoms with Crippen LogP contribution in [-0.2, 0) is 11.3 Å². The summed E-state index contributed by atoms with van der Waals surface area (Å²) < 4.78 is 16.0. The van der Waals surface area contributed by atoms with E-state index in [2.05, 4.69) is 16.3 Å². The van der Waals surface area contributed by atoms with E-state index in [9.17, 15) is 4.79 Å². The van der Waals surface area contributed by atoms with Crippen LogP contribution in [0, 0.1) is 0 Å². The summed E-state index contributed by atoms with van der Waals surface area (Å²) in [5.74, 6) is 1.11. The molecule has 25 heavy (non-hydrogen) atoms. The first-order chi connectivity index (χ1) is 12.3. The minimum absolute atomic E-state index is 0.165. The van der Waals surface area contributed by atoms with Crippen LogP contribution in [0.25, 0.3) is 0 Å². The number of hydrogen-bond donors (Lipinski definition) is 1. The maximum atomic E-state index is 12.5. The third-order valence-electron chi connectivity index (χ3n) is 4.33. The van der Waals surface area contributed by atoms with E-state index >= 15 is 0 Å². The summed E-state index contributed by atoms with van der Waals surface area (Å²) in [5, 5.41) is 2.95. The fraction of sp³-hybridized carbons (Fsp3) is 0.316. The Hall–Kier alpha value is -2.57. The molecule has 2 aliphatic rings. The highest BCUT2D eigenvalue weighted by Crippen LogP contribution is 2.32. The van der Waals surface area contributed by atoms with Crippen LogP contribution in [0.1, 0.15) is 15.9 Å². The fourth-order valence-electron chi connectivity index (χ4n) is 3.01. The van der Waals surface area contributed by atoms with Gasteiger partial charge in [-0.25, -0.2) is 0 Å². The van der Waals surface area contributed by atoms with Crippen molar-refractivity contribution in [3.63, 3.8) is 0 Å². The lowest BCUT2D eigenvalue weighted by Gasteiger charge is -2.26. The summed E-state index contributed by atoms with van der Waals surface area (Å²) in [5.41, 5.74) is 2.50. The minimum atomic E-state index is -0.165. The molecule has 1 N–H and O–H groups in total. The summed E-state index contributed by atoms with van der Waals surface area (Å²) in [6.07, 6.45) is 0. The molecule has 0 spiro atoms. The zero-order valence-corrected chi connectivity index (χ0v) is 13.9. The van der Waals surface area contributed by atoms with Crippen LogP contribution in [0.15, 0.2) is 42.5 Å². The second-order valence-corrected chi connectivity index (χ2v) is 6.11. The molecule has 2 aromatic carbocycles. The molecule has 0 aromatic heterocycles. The van der Waals surface area contributed by atoms with Crippen LogP contribution < -0.4 is 14.8 Å². The minimum Gasteiger partial charge on any atom is -0.454 e. The summed E-state index contributed by atoms with van der Waals surface area (Å²) in [6.45, 7) is 4.49. The van der Waals surface area contributed by atoms with Gasteiger partial charge in [0, 0.05) is 30.9 Å². The fourth-order valence-corrected chi connectivity index (χ4v) is 3.01. The zero-order valence-electron chi connectivity index (χ0n) is 13.9. The van der Waals surface area contributed by atoms with Crippen LogP contribution in [-0.4, -0.2) is 43.9 Å². The number of fused-ring (bicyclic) bond motifs is 1. The number of nitrogens with one attached hydrogen (secondary N) is 1. The SMILES string of the molecule is O=C(Nc1cccc(CN2CCOCC2)c1)c1ccc2c(c1)OCO2. The lowest BCUT2D eigenvalue weighted by atomic mass is 10.1. The van der Waals surface area contributed by atoms with Gasteiger partial charge in [-0.3, -0.25) is 9.69 Å². The summed E-state index contributed by atoms with van der Waals surface area (Å²) >= 11 is 0. The summed E-state index contributed by atoms with van der Waals surface area (Å²) in [4.78, 5) is 14.8. The summed E-state index contributed by atoms with van der Waals surface area (Å²) in [7, 11) is 0. The van der Waals surface area contributed by atoms with Gasteiger partial charge in [0.25, 0.3) is 5.91 Å². The molecule has 0 bridgehead atoms. The van der Waals surface area contributed by atoms with Crippen molar-refractivity contribution in [3.05, 3.63) is 53.6 Å². The molecule has 1 saturated heterocycles. The molecule has 2 aromatic rings. The molecule has 130 valence electrons. The molecule has 0 radical (unpaired) electrons. The second kappa shape index (κ2) is 7.13. The van der Waals surface area contributed by atoms with E-state index in [1.54, 1.807) is 18.2 Å². The van der Waals surface area contributed by atoms with E-state index in [1.165, 1.54) is 5.56 Å². The monoisotopic (exact) mass is 340 g/mol. The van der Waals surface area contributed by atoms with Gasteiger partial charge < -0.3 is 19.5 Å². The highest BCUT2D eigenvalue weighted by molar-refractivity contribution is 6.04. The van der Waals surface area contributed by atoms with Gasteiger partial charge in [-0.15, -0.1) is 0 Å².